The zero-order valence-electron chi connectivity index (χ0n) is 12.3. The molecule has 2 aromatic rings. The lowest BCUT2D eigenvalue weighted by Gasteiger charge is -2.34. The number of thiazole rings is 2. The molecule has 0 bridgehead atoms. The smallest absolute Gasteiger partial charge is 0.113 e. The van der Waals surface area contributed by atoms with Crippen molar-refractivity contribution < 1.29 is 0 Å². The molecule has 2 aromatic heterocycles. The van der Waals surface area contributed by atoms with Crippen molar-refractivity contribution in [3.8, 4) is 10.6 Å². The van der Waals surface area contributed by atoms with E-state index in [0.29, 0.717) is 0 Å². The zero-order chi connectivity index (χ0) is 14.3. The fourth-order valence-corrected chi connectivity index (χ4v) is 4.81. The Morgan fingerprint density at radius 2 is 1.95 bits per heavy atom. The lowest BCUT2D eigenvalue weighted by atomic mass is 9.78. The quantitative estimate of drug-likeness (QED) is 0.902. The van der Waals surface area contributed by atoms with Crippen LogP contribution >= 0.6 is 22.7 Å². The molecule has 108 valence electrons. The summed E-state index contributed by atoms with van der Waals surface area (Å²) in [6, 6.07) is 0. The van der Waals surface area contributed by atoms with E-state index in [0.717, 1.165) is 40.2 Å². The minimum atomic E-state index is -0.205. The third-order valence-corrected chi connectivity index (χ3v) is 6.39. The van der Waals surface area contributed by atoms with Gasteiger partial charge in [0.05, 0.1) is 26.8 Å². The summed E-state index contributed by atoms with van der Waals surface area (Å²) in [5, 5.41) is 4.34. The highest BCUT2D eigenvalue weighted by Crippen LogP contribution is 2.40. The molecule has 0 aliphatic heterocycles. The maximum atomic E-state index is 6.61. The molecule has 0 radical (unpaired) electrons. The van der Waals surface area contributed by atoms with Crippen LogP contribution in [0.2, 0.25) is 0 Å². The van der Waals surface area contributed by atoms with Gasteiger partial charge in [-0.3, -0.25) is 0 Å². The van der Waals surface area contributed by atoms with E-state index in [1.54, 1.807) is 22.7 Å². The fraction of sp³-hybridized carbons (Fsp3) is 0.600. The Kier molecular flexibility index (Phi) is 3.69. The molecule has 0 saturated heterocycles. The molecule has 1 saturated carbocycles. The molecular weight excluding hydrogens is 286 g/mol. The van der Waals surface area contributed by atoms with Gasteiger partial charge in [-0.05, 0) is 45.4 Å². The summed E-state index contributed by atoms with van der Waals surface area (Å²) in [5.74, 6) is 0.803. The van der Waals surface area contributed by atoms with Crippen LogP contribution in [0.3, 0.4) is 0 Å². The van der Waals surface area contributed by atoms with E-state index in [2.05, 4.69) is 24.2 Å². The molecule has 0 unspecified atom stereocenters. The van der Waals surface area contributed by atoms with E-state index in [4.69, 9.17) is 10.7 Å². The second-order valence-corrected chi connectivity index (χ2v) is 8.09. The van der Waals surface area contributed by atoms with Crippen molar-refractivity contribution in [3.63, 3.8) is 0 Å². The van der Waals surface area contributed by atoms with Crippen molar-refractivity contribution in [1.82, 2.24) is 9.97 Å². The first-order valence-corrected chi connectivity index (χ1v) is 8.87. The van der Waals surface area contributed by atoms with Crippen LogP contribution in [0.25, 0.3) is 10.6 Å². The number of aryl methyl sites for hydroxylation is 2. The lowest BCUT2D eigenvalue weighted by Crippen LogP contribution is -2.40. The predicted molar refractivity (Wildman–Crippen MR) is 86.2 cm³/mol. The molecule has 0 amide bonds. The molecule has 1 fully saturated rings. The van der Waals surface area contributed by atoms with E-state index < -0.39 is 0 Å². The highest BCUT2D eigenvalue weighted by Gasteiger charge is 2.34. The summed E-state index contributed by atoms with van der Waals surface area (Å²) in [5.41, 5.74) is 8.54. The Hall–Kier alpha value is -0.780. The van der Waals surface area contributed by atoms with Crippen LogP contribution in [-0.4, -0.2) is 9.97 Å². The molecule has 1 aliphatic carbocycles. The predicted octanol–water partition coefficient (Wildman–Crippen LogP) is 4.25. The Balaban J connectivity index is 1.89. The summed E-state index contributed by atoms with van der Waals surface area (Å²) in [7, 11) is 0. The van der Waals surface area contributed by atoms with Crippen molar-refractivity contribution in [2.24, 2.45) is 11.7 Å². The third kappa shape index (κ3) is 2.54. The molecule has 1 aliphatic rings. The molecule has 3 rings (SSSR count). The van der Waals surface area contributed by atoms with E-state index in [1.807, 2.05) is 6.92 Å². The van der Waals surface area contributed by atoms with Gasteiger partial charge in [0.15, 0.2) is 0 Å². The number of hydrogen-bond acceptors (Lipinski definition) is 5. The first-order valence-electron chi connectivity index (χ1n) is 7.17. The van der Waals surface area contributed by atoms with E-state index in [-0.39, 0.29) is 5.54 Å². The van der Waals surface area contributed by atoms with Crippen LogP contribution < -0.4 is 5.73 Å². The maximum Gasteiger partial charge on any atom is 0.113 e. The van der Waals surface area contributed by atoms with Crippen LogP contribution in [-0.2, 0) is 5.54 Å². The van der Waals surface area contributed by atoms with Gasteiger partial charge in [0.2, 0.25) is 0 Å². The van der Waals surface area contributed by atoms with Gasteiger partial charge in [0, 0.05) is 5.38 Å². The second-order valence-electron chi connectivity index (χ2n) is 6.02. The summed E-state index contributed by atoms with van der Waals surface area (Å²) >= 11 is 3.43. The number of nitrogens with zero attached hydrogens (tertiary/aromatic N) is 2. The van der Waals surface area contributed by atoms with Gasteiger partial charge in [-0.15, -0.1) is 22.7 Å². The average molecular weight is 307 g/mol. The maximum absolute atomic E-state index is 6.61. The summed E-state index contributed by atoms with van der Waals surface area (Å²) in [4.78, 5) is 10.5. The fourth-order valence-electron chi connectivity index (χ4n) is 2.87. The van der Waals surface area contributed by atoms with Crippen molar-refractivity contribution in [2.75, 3.05) is 0 Å². The van der Waals surface area contributed by atoms with Crippen LogP contribution in [0, 0.1) is 19.8 Å². The normalized spacial score (nSPS) is 26.9. The number of hydrogen-bond donors (Lipinski definition) is 1. The second kappa shape index (κ2) is 5.20. The van der Waals surface area contributed by atoms with Crippen molar-refractivity contribution in [2.45, 2.75) is 52.0 Å². The number of nitrogens with two attached hydrogens (primary N) is 1. The monoisotopic (exact) mass is 307 g/mol. The number of rotatable bonds is 2. The molecule has 2 N–H and O–H groups in total. The third-order valence-electron chi connectivity index (χ3n) is 4.23. The molecule has 5 heteroatoms. The van der Waals surface area contributed by atoms with Gasteiger partial charge < -0.3 is 5.73 Å². The van der Waals surface area contributed by atoms with Gasteiger partial charge in [-0.2, -0.15) is 0 Å². The van der Waals surface area contributed by atoms with Crippen molar-refractivity contribution in [1.29, 1.82) is 0 Å². The summed E-state index contributed by atoms with van der Waals surface area (Å²) in [6.07, 6.45) is 4.54. The number of aromatic nitrogens is 2. The topological polar surface area (TPSA) is 51.8 Å². The Morgan fingerprint density at radius 1 is 1.25 bits per heavy atom. The van der Waals surface area contributed by atoms with E-state index >= 15 is 0 Å². The Morgan fingerprint density at radius 3 is 2.55 bits per heavy atom. The van der Waals surface area contributed by atoms with Crippen LogP contribution in [0.1, 0.15) is 48.3 Å². The van der Waals surface area contributed by atoms with Crippen LogP contribution in [0.5, 0.6) is 0 Å². The molecule has 0 atom stereocenters. The molecule has 3 nitrogen and oxygen atoms in total. The average Bonchev–Trinajstić information content (AvgIpc) is 3.00. The largest absolute Gasteiger partial charge is 0.319 e. The highest BCUT2D eigenvalue weighted by atomic mass is 32.1. The highest BCUT2D eigenvalue weighted by molar-refractivity contribution is 7.16. The minimum Gasteiger partial charge on any atom is -0.319 e. The Labute approximate surface area is 128 Å². The molecular formula is C15H21N3S2. The van der Waals surface area contributed by atoms with E-state index in [1.165, 1.54) is 17.7 Å². The van der Waals surface area contributed by atoms with Crippen LogP contribution in [0.4, 0.5) is 0 Å². The van der Waals surface area contributed by atoms with Gasteiger partial charge in [0.1, 0.15) is 5.01 Å². The molecule has 2 heterocycles. The van der Waals surface area contributed by atoms with Gasteiger partial charge in [0.25, 0.3) is 0 Å². The zero-order valence-corrected chi connectivity index (χ0v) is 13.9. The first kappa shape index (κ1) is 14.2. The first-order chi connectivity index (χ1) is 9.48. The van der Waals surface area contributed by atoms with Crippen molar-refractivity contribution in [3.05, 3.63) is 21.1 Å². The summed E-state index contributed by atoms with van der Waals surface area (Å²) < 4.78 is 0. The van der Waals surface area contributed by atoms with Gasteiger partial charge in [-0.25, -0.2) is 9.97 Å². The van der Waals surface area contributed by atoms with Gasteiger partial charge >= 0.3 is 0 Å². The lowest BCUT2D eigenvalue weighted by molar-refractivity contribution is 0.247. The molecule has 20 heavy (non-hydrogen) atoms. The minimum absolute atomic E-state index is 0.205. The molecule has 0 aromatic carbocycles. The van der Waals surface area contributed by atoms with Gasteiger partial charge in [-0.1, -0.05) is 6.92 Å². The summed E-state index contributed by atoms with van der Waals surface area (Å²) in [6.45, 7) is 6.41. The molecule has 0 spiro atoms. The van der Waals surface area contributed by atoms with Crippen LogP contribution in [0.15, 0.2) is 5.38 Å². The van der Waals surface area contributed by atoms with E-state index in [9.17, 15) is 0 Å². The Bertz CT molecular complexity index is 606. The standard InChI is InChI=1S/C15H21N3S2/c1-9-4-6-15(16,7-5-9)14-18-12(8-19-14)13-10(2)17-11(3)20-13/h8-9H,4-7,16H2,1-3H3. The SMILES string of the molecule is Cc1nc(C)c(-c2csc(C3(N)CCC(C)CC3)n2)s1. The van der Waals surface area contributed by atoms with Crippen molar-refractivity contribution >= 4 is 22.7 Å².